The molecule has 0 spiro atoms. The van der Waals surface area contributed by atoms with Gasteiger partial charge in [-0.3, -0.25) is 0 Å². The van der Waals surface area contributed by atoms with Gasteiger partial charge in [0, 0.05) is 24.7 Å². The molecule has 0 saturated carbocycles. The number of likely N-dealkylation sites (N-methyl/N-ethyl adjacent to an activating group) is 1. The topological polar surface area (TPSA) is 47.1 Å². The van der Waals surface area contributed by atoms with Gasteiger partial charge in [0.25, 0.3) is 0 Å². The molecule has 22 heavy (non-hydrogen) atoms. The maximum atomic E-state index is 5.86. The van der Waals surface area contributed by atoms with Crippen LogP contribution < -0.4 is 0 Å². The highest BCUT2D eigenvalue weighted by molar-refractivity contribution is 5.73. The Balaban J connectivity index is 1.87. The minimum Gasteiger partial charge on any atom is -0.445 e. The molecule has 114 valence electrons. The minimum absolute atomic E-state index is 0.430. The molecule has 1 aliphatic rings. The maximum Gasteiger partial charge on any atom is 0.206 e. The monoisotopic (exact) mass is 296 g/mol. The van der Waals surface area contributed by atoms with E-state index in [1.54, 1.807) is 0 Å². The first-order valence-corrected chi connectivity index (χ1v) is 7.89. The largest absolute Gasteiger partial charge is 0.445 e. The van der Waals surface area contributed by atoms with Crippen LogP contribution in [0.5, 0.6) is 0 Å². The van der Waals surface area contributed by atoms with Crippen molar-refractivity contribution < 1.29 is 4.42 Å². The van der Waals surface area contributed by atoms with Crippen LogP contribution in [0.25, 0.3) is 17.0 Å². The zero-order chi connectivity index (χ0) is 15.1. The van der Waals surface area contributed by atoms with Gasteiger partial charge in [0.15, 0.2) is 5.65 Å². The van der Waals surface area contributed by atoms with Crippen molar-refractivity contribution in [2.24, 2.45) is 0 Å². The molecule has 0 N–H and O–H groups in total. The van der Waals surface area contributed by atoms with E-state index >= 15 is 0 Å². The molecule has 3 aromatic rings. The predicted molar refractivity (Wildman–Crippen MR) is 85.3 cm³/mol. The molecule has 0 amide bonds. The lowest BCUT2D eigenvalue weighted by Crippen LogP contribution is -2.20. The van der Waals surface area contributed by atoms with Gasteiger partial charge < -0.3 is 9.32 Å². The first-order chi connectivity index (χ1) is 10.8. The summed E-state index contributed by atoms with van der Waals surface area (Å²) < 4.78 is 7.95. The van der Waals surface area contributed by atoms with Crippen molar-refractivity contribution in [2.45, 2.75) is 26.2 Å². The number of likely N-dealkylation sites (tertiary alicyclic amines) is 1. The molecule has 4 heterocycles. The van der Waals surface area contributed by atoms with E-state index in [2.05, 4.69) is 21.4 Å². The molecule has 1 saturated heterocycles. The summed E-state index contributed by atoms with van der Waals surface area (Å²) in [5, 5.41) is 0. The lowest BCUT2D eigenvalue weighted by molar-refractivity contribution is 0.352. The van der Waals surface area contributed by atoms with Crippen molar-refractivity contribution in [3.05, 3.63) is 42.0 Å². The summed E-state index contributed by atoms with van der Waals surface area (Å²) in [6.07, 6.45) is 2.95. The van der Waals surface area contributed by atoms with Crippen LogP contribution in [0, 0.1) is 6.92 Å². The molecule has 0 radical (unpaired) electrons. The Morgan fingerprint density at radius 1 is 1.32 bits per heavy atom. The number of nitrogens with zero attached hydrogens (tertiary/aromatic N) is 4. The zero-order valence-electron chi connectivity index (χ0n) is 13.0. The summed E-state index contributed by atoms with van der Waals surface area (Å²) in [7, 11) is 0. The maximum absolute atomic E-state index is 5.86. The van der Waals surface area contributed by atoms with Gasteiger partial charge in [-0.25, -0.2) is 14.5 Å². The standard InChI is InChI=1S/C17H20N4O/c1-3-20-10-8-13(11-20)16-19-14-5-4-9-18-17(14)21(16)15-7-6-12(2)22-15/h4-7,9,13H,3,8,10-11H2,1-2H3. The third kappa shape index (κ3) is 2.13. The molecule has 0 bridgehead atoms. The van der Waals surface area contributed by atoms with E-state index < -0.39 is 0 Å². The van der Waals surface area contributed by atoms with Gasteiger partial charge in [0.05, 0.1) is 0 Å². The van der Waals surface area contributed by atoms with Gasteiger partial charge in [0.1, 0.15) is 17.1 Å². The second-order valence-electron chi connectivity index (χ2n) is 5.91. The SMILES string of the molecule is CCN1CCC(c2nc3cccnc3n2-c2ccc(C)o2)C1. The highest BCUT2D eigenvalue weighted by atomic mass is 16.4. The molecule has 4 rings (SSSR count). The van der Waals surface area contributed by atoms with Crippen LogP contribution in [0.2, 0.25) is 0 Å². The molecular formula is C17H20N4O. The first kappa shape index (κ1) is 13.5. The number of pyridine rings is 1. The number of furan rings is 1. The third-order valence-corrected chi connectivity index (χ3v) is 4.47. The van der Waals surface area contributed by atoms with Crippen LogP contribution >= 0.6 is 0 Å². The van der Waals surface area contributed by atoms with Crippen LogP contribution in [-0.4, -0.2) is 39.1 Å². The van der Waals surface area contributed by atoms with Crippen molar-refractivity contribution in [2.75, 3.05) is 19.6 Å². The average Bonchev–Trinajstić information content (AvgIpc) is 3.23. The number of imidazole rings is 1. The third-order valence-electron chi connectivity index (χ3n) is 4.47. The van der Waals surface area contributed by atoms with Crippen LogP contribution in [0.1, 0.15) is 30.8 Å². The molecule has 5 heteroatoms. The number of fused-ring (bicyclic) bond motifs is 1. The lowest BCUT2D eigenvalue weighted by atomic mass is 10.1. The molecular weight excluding hydrogens is 276 g/mol. The van der Waals surface area contributed by atoms with Gasteiger partial charge in [-0.1, -0.05) is 6.92 Å². The fourth-order valence-electron chi connectivity index (χ4n) is 3.29. The Morgan fingerprint density at radius 3 is 2.95 bits per heavy atom. The zero-order valence-corrected chi connectivity index (χ0v) is 13.0. The van der Waals surface area contributed by atoms with Gasteiger partial charge in [-0.2, -0.15) is 0 Å². The molecule has 5 nitrogen and oxygen atoms in total. The van der Waals surface area contributed by atoms with Crippen LogP contribution in [-0.2, 0) is 0 Å². The van der Waals surface area contributed by atoms with Crippen molar-refractivity contribution in [1.29, 1.82) is 0 Å². The van der Waals surface area contributed by atoms with Crippen LogP contribution in [0.3, 0.4) is 0 Å². The summed E-state index contributed by atoms with van der Waals surface area (Å²) in [4.78, 5) is 11.9. The Bertz CT molecular complexity index is 804. The van der Waals surface area contributed by atoms with Crippen molar-refractivity contribution in [3.63, 3.8) is 0 Å². The summed E-state index contributed by atoms with van der Waals surface area (Å²) in [5.41, 5.74) is 1.81. The Labute approximate surface area is 129 Å². The van der Waals surface area contributed by atoms with E-state index in [1.807, 2.05) is 37.4 Å². The smallest absolute Gasteiger partial charge is 0.206 e. The molecule has 0 aromatic carbocycles. The van der Waals surface area contributed by atoms with E-state index in [1.165, 1.54) is 0 Å². The van der Waals surface area contributed by atoms with Gasteiger partial charge >= 0.3 is 0 Å². The molecule has 3 aromatic heterocycles. The Hall–Kier alpha value is -2.14. The van der Waals surface area contributed by atoms with Gasteiger partial charge in [-0.05, 0) is 44.6 Å². The second kappa shape index (κ2) is 5.25. The van der Waals surface area contributed by atoms with E-state index in [0.29, 0.717) is 5.92 Å². The fraction of sp³-hybridized carbons (Fsp3) is 0.412. The van der Waals surface area contributed by atoms with E-state index in [0.717, 1.165) is 54.7 Å². The highest BCUT2D eigenvalue weighted by Gasteiger charge is 2.29. The van der Waals surface area contributed by atoms with Crippen molar-refractivity contribution >= 4 is 11.2 Å². The molecule has 0 aliphatic carbocycles. The number of aryl methyl sites for hydroxylation is 1. The quantitative estimate of drug-likeness (QED) is 0.745. The fourth-order valence-corrected chi connectivity index (χ4v) is 3.29. The number of aromatic nitrogens is 3. The highest BCUT2D eigenvalue weighted by Crippen LogP contribution is 2.31. The molecule has 1 fully saturated rings. The molecule has 1 atom stereocenters. The predicted octanol–water partition coefficient (Wildman–Crippen LogP) is 3.13. The first-order valence-electron chi connectivity index (χ1n) is 7.89. The Kier molecular flexibility index (Phi) is 3.22. The molecule has 1 unspecified atom stereocenters. The Morgan fingerprint density at radius 2 is 2.23 bits per heavy atom. The van der Waals surface area contributed by atoms with E-state index in [4.69, 9.17) is 9.40 Å². The van der Waals surface area contributed by atoms with E-state index in [-0.39, 0.29) is 0 Å². The minimum atomic E-state index is 0.430. The summed E-state index contributed by atoms with van der Waals surface area (Å²) in [6.45, 7) is 7.45. The van der Waals surface area contributed by atoms with Gasteiger partial charge in [0.2, 0.25) is 5.88 Å². The number of rotatable bonds is 3. The summed E-state index contributed by atoms with van der Waals surface area (Å²) in [5.74, 6) is 3.21. The normalized spacial score (nSPS) is 19.3. The van der Waals surface area contributed by atoms with Crippen LogP contribution in [0.15, 0.2) is 34.9 Å². The number of hydrogen-bond acceptors (Lipinski definition) is 4. The summed E-state index contributed by atoms with van der Waals surface area (Å²) >= 11 is 0. The molecule has 1 aliphatic heterocycles. The second-order valence-corrected chi connectivity index (χ2v) is 5.91. The van der Waals surface area contributed by atoms with Crippen molar-refractivity contribution in [1.82, 2.24) is 19.4 Å². The van der Waals surface area contributed by atoms with E-state index in [9.17, 15) is 0 Å². The lowest BCUT2D eigenvalue weighted by Gasteiger charge is -2.13. The summed E-state index contributed by atoms with van der Waals surface area (Å²) in [6, 6.07) is 7.94. The number of hydrogen-bond donors (Lipinski definition) is 0. The van der Waals surface area contributed by atoms with Crippen molar-refractivity contribution in [3.8, 4) is 5.88 Å². The van der Waals surface area contributed by atoms with Gasteiger partial charge in [-0.15, -0.1) is 0 Å². The van der Waals surface area contributed by atoms with Crippen LogP contribution in [0.4, 0.5) is 0 Å². The average molecular weight is 296 g/mol.